The molecule has 1 heterocycles. The Morgan fingerprint density at radius 2 is 2.50 bits per heavy atom. The molecule has 0 N–H and O–H groups in total. The second kappa shape index (κ2) is 5.81. The molecule has 1 aliphatic rings. The SMILES string of the molecule is C=CCCCN1CCCC1C(=O)OC. The van der Waals surface area contributed by atoms with Crippen LogP contribution in [0.15, 0.2) is 12.7 Å². The summed E-state index contributed by atoms with van der Waals surface area (Å²) < 4.78 is 4.77. The number of unbranched alkanes of at least 4 members (excludes halogenated alkanes) is 1. The predicted molar refractivity (Wildman–Crippen MR) is 56.0 cm³/mol. The largest absolute Gasteiger partial charge is 0.468 e. The van der Waals surface area contributed by atoms with Crippen molar-refractivity contribution in [1.29, 1.82) is 0 Å². The molecular weight excluding hydrogens is 178 g/mol. The Labute approximate surface area is 85.7 Å². The summed E-state index contributed by atoms with van der Waals surface area (Å²) in [5.74, 6) is -0.0823. The summed E-state index contributed by atoms with van der Waals surface area (Å²) in [6.45, 7) is 5.69. The zero-order valence-electron chi connectivity index (χ0n) is 8.87. The van der Waals surface area contributed by atoms with E-state index in [2.05, 4.69) is 11.5 Å². The van der Waals surface area contributed by atoms with Gasteiger partial charge in [0.15, 0.2) is 0 Å². The number of hydrogen-bond acceptors (Lipinski definition) is 3. The molecule has 1 fully saturated rings. The van der Waals surface area contributed by atoms with E-state index in [1.165, 1.54) is 7.11 Å². The molecule has 0 amide bonds. The summed E-state index contributed by atoms with van der Waals surface area (Å²) in [4.78, 5) is 13.6. The minimum atomic E-state index is -0.0823. The molecule has 0 radical (unpaired) electrons. The number of carbonyl (C=O) groups is 1. The van der Waals surface area contributed by atoms with E-state index in [4.69, 9.17) is 4.74 Å². The molecule has 80 valence electrons. The van der Waals surface area contributed by atoms with E-state index in [1.807, 2.05) is 6.08 Å². The molecule has 3 nitrogen and oxygen atoms in total. The summed E-state index contributed by atoms with van der Waals surface area (Å²) in [6, 6.07) is 0.00446. The minimum absolute atomic E-state index is 0.00446. The molecule has 1 rings (SSSR count). The minimum Gasteiger partial charge on any atom is -0.468 e. The zero-order valence-corrected chi connectivity index (χ0v) is 8.87. The van der Waals surface area contributed by atoms with Crippen LogP contribution < -0.4 is 0 Å². The lowest BCUT2D eigenvalue weighted by Gasteiger charge is -2.21. The van der Waals surface area contributed by atoms with Gasteiger partial charge in [-0.2, -0.15) is 0 Å². The van der Waals surface area contributed by atoms with Gasteiger partial charge in [-0.3, -0.25) is 9.69 Å². The van der Waals surface area contributed by atoms with Gasteiger partial charge in [0.2, 0.25) is 0 Å². The van der Waals surface area contributed by atoms with Crippen molar-refractivity contribution >= 4 is 5.97 Å². The Balaban J connectivity index is 2.35. The molecule has 3 heteroatoms. The van der Waals surface area contributed by atoms with Crippen LogP contribution in [0.3, 0.4) is 0 Å². The van der Waals surface area contributed by atoms with Crippen LogP contribution in [0, 0.1) is 0 Å². The summed E-state index contributed by atoms with van der Waals surface area (Å²) >= 11 is 0. The number of nitrogens with zero attached hydrogens (tertiary/aromatic N) is 1. The average molecular weight is 197 g/mol. The van der Waals surface area contributed by atoms with Gasteiger partial charge in [0.1, 0.15) is 6.04 Å². The number of allylic oxidation sites excluding steroid dienone is 1. The third kappa shape index (κ3) is 2.84. The van der Waals surface area contributed by atoms with Crippen LogP contribution in [0.5, 0.6) is 0 Å². The van der Waals surface area contributed by atoms with Crippen LogP contribution in [0.2, 0.25) is 0 Å². The molecule has 1 atom stereocenters. The van der Waals surface area contributed by atoms with E-state index >= 15 is 0 Å². The topological polar surface area (TPSA) is 29.5 Å². The van der Waals surface area contributed by atoms with Crippen molar-refractivity contribution in [3.8, 4) is 0 Å². The molecule has 1 unspecified atom stereocenters. The summed E-state index contributed by atoms with van der Waals surface area (Å²) in [6.07, 6.45) is 6.07. The molecule has 0 aromatic carbocycles. The van der Waals surface area contributed by atoms with Crippen LogP contribution in [-0.2, 0) is 9.53 Å². The highest BCUT2D eigenvalue weighted by molar-refractivity contribution is 5.75. The van der Waals surface area contributed by atoms with Gasteiger partial charge >= 0.3 is 5.97 Å². The van der Waals surface area contributed by atoms with Crippen LogP contribution in [0.4, 0.5) is 0 Å². The first-order valence-electron chi connectivity index (χ1n) is 5.22. The fraction of sp³-hybridized carbons (Fsp3) is 0.727. The average Bonchev–Trinajstić information content (AvgIpc) is 2.65. The third-order valence-corrected chi connectivity index (χ3v) is 2.69. The molecule has 1 saturated heterocycles. The Hall–Kier alpha value is -0.830. The smallest absolute Gasteiger partial charge is 0.323 e. The Morgan fingerprint density at radius 1 is 1.71 bits per heavy atom. The van der Waals surface area contributed by atoms with E-state index in [9.17, 15) is 4.79 Å². The van der Waals surface area contributed by atoms with Crippen molar-refractivity contribution < 1.29 is 9.53 Å². The Bertz CT molecular complexity index is 203. The maximum Gasteiger partial charge on any atom is 0.323 e. The van der Waals surface area contributed by atoms with Gasteiger partial charge in [0.05, 0.1) is 7.11 Å². The second-order valence-electron chi connectivity index (χ2n) is 3.65. The van der Waals surface area contributed by atoms with Gasteiger partial charge < -0.3 is 4.74 Å². The first-order chi connectivity index (χ1) is 6.79. The van der Waals surface area contributed by atoms with Crippen LogP contribution in [0.25, 0.3) is 0 Å². The molecule has 0 aliphatic carbocycles. The molecule has 0 aromatic rings. The second-order valence-corrected chi connectivity index (χ2v) is 3.65. The molecule has 0 bridgehead atoms. The van der Waals surface area contributed by atoms with E-state index in [0.29, 0.717) is 0 Å². The van der Waals surface area contributed by atoms with Crippen molar-refractivity contribution in [1.82, 2.24) is 4.90 Å². The van der Waals surface area contributed by atoms with Crippen molar-refractivity contribution in [3.05, 3.63) is 12.7 Å². The summed E-state index contributed by atoms with van der Waals surface area (Å²) in [7, 11) is 1.46. The van der Waals surface area contributed by atoms with E-state index < -0.39 is 0 Å². The van der Waals surface area contributed by atoms with E-state index in [0.717, 1.165) is 38.8 Å². The lowest BCUT2D eigenvalue weighted by atomic mass is 10.2. The molecule has 14 heavy (non-hydrogen) atoms. The van der Waals surface area contributed by atoms with Gasteiger partial charge in [-0.05, 0) is 38.8 Å². The molecule has 1 aliphatic heterocycles. The normalized spacial score (nSPS) is 22.2. The van der Waals surface area contributed by atoms with Crippen LogP contribution >= 0.6 is 0 Å². The number of esters is 1. The Morgan fingerprint density at radius 3 is 3.14 bits per heavy atom. The number of methoxy groups -OCH3 is 1. The maximum absolute atomic E-state index is 11.4. The Kier molecular flexibility index (Phi) is 4.66. The monoisotopic (exact) mass is 197 g/mol. The van der Waals surface area contributed by atoms with Crippen molar-refractivity contribution in [2.75, 3.05) is 20.2 Å². The first-order valence-corrected chi connectivity index (χ1v) is 5.22. The van der Waals surface area contributed by atoms with Gasteiger partial charge in [0, 0.05) is 0 Å². The molecule has 0 saturated carbocycles. The van der Waals surface area contributed by atoms with E-state index in [-0.39, 0.29) is 12.0 Å². The lowest BCUT2D eigenvalue weighted by Crippen LogP contribution is -2.37. The van der Waals surface area contributed by atoms with Gasteiger partial charge in [-0.15, -0.1) is 6.58 Å². The van der Waals surface area contributed by atoms with Gasteiger partial charge in [-0.1, -0.05) is 6.08 Å². The van der Waals surface area contributed by atoms with Crippen molar-refractivity contribution in [3.63, 3.8) is 0 Å². The quantitative estimate of drug-likeness (QED) is 0.381. The third-order valence-electron chi connectivity index (χ3n) is 2.69. The summed E-state index contributed by atoms with van der Waals surface area (Å²) in [5.41, 5.74) is 0. The zero-order chi connectivity index (χ0) is 10.4. The number of hydrogen-bond donors (Lipinski definition) is 0. The highest BCUT2D eigenvalue weighted by Crippen LogP contribution is 2.18. The van der Waals surface area contributed by atoms with Crippen LogP contribution in [0.1, 0.15) is 25.7 Å². The summed E-state index contributed by atoms with van der Waals surface area (Å²) in [5, 5.41) is 0. The standard InChI is InChI=1S/C11H19NO2/c1-3-4-5-8-12-9-6-7-10(12)11(13)14-2/h3,10H,1,4-9H2,2H3. The molecular formula is C11H19NO2. The molecule has 0 aromatic heterocycles. The first kappa shape index (κ1) is 11.2. The molecule has 0 spiro atoms. The highest BCUT2D eigenvalue weighted by atomic mass is 16.5. The maximum atomic E-state index is 11.4. The fourth-order valence-corrected chi connectivity index (χ4v) is 1.94. The van der Waals surface area contributed by atoms with E-state index in [1.54, 1.807) is 0 Å². The van der Waals surface area contributed by atoms with Gasteiger partial charge in [0.25, 0.3) is 0 Å². The predicted octanol–water partition coefficient (Wildman–Crippen LogP) is 1.59. The lowest BCUT2D eigenvalue weighted by molar-refractivity contribution is -0.145. The highest BCUT2D eigenvalue weighted by Gasteiger charge is 2.30. The van der Waals surface area contributed by atoms with Crippen molar-refractivity contribution in [2.45, 2.75) is 31.7 Å². The number of rotatable bonds is 5. The van der Waals surface area contributed by atoms with Crippen LogP contribution in [-0.4, -0.2) is 37.1 Å². The van der Waals surface area contributed by atoms with Crippen molar-refractivity contribution in [2.24, 2.45) is 0 Å². The fourth-order valence-electron chi connectivity index (χ4n) is 1.94. The number of carbonyl (C=O) groups excluding carboxylic acids is 1. The number of ether oxygens (including phenoxy) is 1. The van der Waals surface area contributed by atoms with Gasteiger partial charge in [-0.25, -0.2) is 0 Å². The number of likely N-dealkylation sites (tertiary alicyclic amines) is 1.